The number of nitrogens with zero attached hydrogens (tertiary/aromatic N) is 1. The van der Waals surface area contributed by atoms with E-state index in [4.69, 9.17) is 0 Å². The van der Waals surface area contributed by atoms with E-state index in [9.17, 15) is 0 Å². The van der Waals surface area contributed by atoms with Crippen LogP contribution < -0.4 is 5.32 Å². The van der Waals surface area contributed by atoms with Crippen molar-refractivity contribution in [2.45, 2.75) is 58.4 Å². The minimum absolute atomic E-state index is 0.599. The summed E-state index contributed by atoms with van der Waals surface area (Å²) in [5.41, 5.74) is 1.15. The quantitative estimate of drug-likeness (QED) is 0.703. The molecular weight excluding hydrogens is 216 g/mol. The summed E-state index contributed by atoms with van der Waals surface area (Å²) in [4.78, 5) is 4.52. The van der Waals surface area contributed by atoms with Crippen LogP contribution in [0.3, 0.4) is 0 Å². The van der Waals surface area contributed by atoms with Crippen LogP contribution in [0.2, 0.25) is 0 Å². The van der Waals surface area contributed by atoms with E-state index < -0.39 is 0 Å². The molecule has 16 heavy (non-hydrogen) atoms. The zero-order valence-corrected chi connectivity index (χ0v) is 11.6. The van der Waals surface area contributed by atoms with Crippen molar-refractivity contribution in [2.24, 2.45) is 0 Å². The first-order valence-electron chi connectivity index (χ1n) is 6.34. The van der Waals surface area contributed by atoms with Crippen molar-refractivity contribution in [2.75, 3.05) is 7.05 Å². The molecule has 0 spiro atoms. The van der Waals surface area contributed by atoms with Gasteiger partial charge >= 0.3 is 0 Å². The van der Waals surface area contributed by atoms with E-state index in [1.807, 2.05) is 0 Å². The molecule has 1 aromatic rings. The van der Waals surface area contributed by atoms with Crippen molar-refractivity contribution in [1.82, 2.24) is 10.3 Å². The molecule has 92 valence electrons. The number of nitrogens with one attached hydrogen (secondary N) is 1. The van der Waals surface area contributed by atoms with Crippen molar-refractivity contribution in [3.8, 4) is 0 Å². The molecule has 1 N–H and O–H groups in total. The van der Waals surface area contributed by atoms with E-state index in [0.717, 1.165) is 12.1 Å². The molecule has 0 fully saturated rings. The molecule has 2 nitrogen and oxygen atoms in total. The fraction of sp³-hybridized carbons (Fsp3) is 0.769. The molecule has 1 rings (SSSR count). The van der Waals surface area contributed by atoms with Crippen LogP contribution in [0.5, 0.6) is 0 Å². The lowest BCUT2D eigenvalue weighted by atomic mass is 10.1. The maximum atomic E-state index is 4.52. The third-order valence-corrected chi connectivity index (χ3v) is 3.89. The van der Waals surface area contributed by atoms with Gasteiger partial charge in [0.15, 0.2) is 0 Å². The maximum absolute atomic E-state index is 4.52. The fourth-order valence-corrected chi connectivity index (χ4v) is 2.73. The highest BCUT2D eigenvalue weighted by molar-refractivity contribution is 7.09. The molecule has 0 aliphatic heterocycles. The second-order valence-electron chi connectivity index (χ2n) is 4.42. The van der Waals surface area contributed by atoms with E-state index in [0.29, 0.717) is 6.04 Å². The maximum Gasteiger partial charge on any atom is 0.0943 e. The molecule has 0 amide bonds. The molecule has 0 saturated heterocycles. The fourth-order valence-electron chi connectivity index (χ4n) is 1.87. The molecule has 1 atom stereocenters. The largest absolute Gasteiger partial charge is 0.317 e. The Morgan fingerprint density at radius 1 is 1.38 bits per heavy atom. The molecule has 0 aliphatic rings. The van der Waals surface area contributed by atoms with E-state index >= 15 is 0 Å². The Kier molecular flexibility index (Phi) is 6.65. The molecular formula is C13H24N2S. The molecule has 1 unspecified atom stereocenters. The smallest absolute Gasteiger partial charge is 0.0943 e. The predicted octanol–water partition coefficient (Wildman–Crippen LogP) is 3.55. The van der Waals surface area contributed by atoms with Crippen LogP contribution in [-0.4, -0.2) is 18.1 Å². The SMILES string of the molecule is CCCCCCC(Cc1nc(C)cs1)NC. The standard InChI is InChI=1S/C13H24N2S/c1-4-5-6-7-8-12(14-3)9-13-15-11(2)10-16-13/h10,12,14H,4-9H2,1-3H3. The van der Waals surface area contributed by atoms with E-state index in [2.05, 4.69) is 36.6 Å². The van der Waals surface area contributed by atoms with Crippen LogP contribution in [0.4, 0.5) is 0 Å². The number of hydrogen-bond acceptors (Lipinski definition) is 3. The third kappa shape index (κ3) is 5.08. The Balaban J connectivity index is 2.26. The summed E-state index contributed by atoms with van der Waals surface area (Å²) in [6.07, 6.45) is 7.74. The van der Waals surface area contributed by atoms with Gasteiger partial charge in [0.25, 0.3) is 0 Å². The van der Waals surface area contributed by atoms with Crippen LogP contribution >= 0.6 is 11.3 Å². The lowest BCUT2D eigenvalue weighted by molar-refractivity contribution is 0.484. The highest BCUT2D eigenvalue weighted by Gasteiger charge is 2.09. The number of aryl methyl sites for hydroxylation is 1. The van der Waals surface area contributed by atoms with Crippen LogP contribution in [-0.2, 0) is 6.42 Å². The minimum Gasteiger partial charge on any atom is -0.317 e. The van der Waals surface area contributed by atoms with Gasteiger partial charge in [-0.25, -0.2) is 4.98 Å². The Bertz CT molecular complexity index is 283. The van der Waals surface area contributed by atoms with Gasteiger partial charge in [-0.1, -0.05) is 32.6 Å². The Hall–Kier alpha value is -0.410. The number of rotatable bonds is 8. The summed E-state index contributed by atoms with van der Waals surface area (Å²) in [7, 11) is 2.06. The van der Waals surface area contributed by atoms with Gasteiger partial charge in [0.2, 0.25) is 0 Å². The van der Waals surface area contributed by atoms with E-state index in [-0.39, 0.29) is 0 Å². The van der Waals surface area contributed by atoms with Gasteiger partial charge in [-0.05, 0) is 20.4 Å². The molecule has 0 aromatic carbocycles. The summed E-state index contributed by atoms with van der Waals surface area (Å²) < 4.78 is 0. The first kappa shape index (κ1) is 13.7. The van der Waals surface area contributed by atoms with Gasteiger partial charge < -0.3 is 5.32 Å². The average Bonchev–Trinajstić information content (AvgIpc) is 2.68. The first-order valence-corrected chi connectivity index (χ1v) is 7.22. The lowest BCUT2D eigenvalue weighted by Gasteiger charge is -2.14. The van der Waals surface area contributed by atoms with E-state index in [1.54, 1.807) is 11.3 Å². The van der Waals surface area contributed by atoms with E-state index in [1.165, 1.54) is 37.1 Å². The molecule has 1 heterocycles. The van der Waals surface area contributed by atoms with Crippen LogP contribution in [0.15, 0.2) is 5.38 Å². The van der Waals surface area contributed by atoms with Crippen molar-refractivity contribution >= 4 is 11.3 Å². The van der Waals surface area contributed by atoms with Gasteiger partial charge in [-0.3, -0.25) is 0 Å². The lowest BCUT2D eigenvalue weighted by Crippen LogP contribution is -2.27. The predicted molar refractivity (Wildman–Crippen MR) is 72.2 cm³/mol. The van der Waals surface area contributed by atoms with Crippen LogP contribution in [0, 0.1) is 6.92 Å². The number of hydrogen-bond donors (Lipinski definition) is 1. The zero-order valence-electron chi connectivity index (χ0n) is 10.8. The first-order chi connectivity index (χ1) is 7.76. The Labute approximate surface area is 103 Å². The highest BCUT2D eigenvalue weighted by atomic mass is 32.1. The highest BCUT2D eigenvalue weighted by Crippen LogP contribution is 2.14. The number of thiazole rings is 1. The number of likely N-dealkylation sites (N-methyl/N-ethyl adjacent to an activating group) is 1. The molecule has 0 radical (unpaired) electrons. The average molecular weight is 240 g/mol. The molecule has 1 aromatic heterocycles. The number of aromatic nitrogens is 1. The second kappa shape index (κ2) is 7.80. The zero-order chi connectivity index (χ0) is 11.8. The van der Waals surface area contributed by atoms with Crippen LogP contribution in [0.25, 0.3) is 0 Å². The monoisotopic (exact) mass is 240 g/mol. The second-order valence-corrected chi connectivity index (χ2v) is 5.36. The summed E-state index contributed by atoms with van der Waals surface area (Å²) in [5.74, 6) is 0. The van der Waals surface area contributed by atoms with Gasteiger partial charge in [0.05, 0.1) is 5.01 Å². The van der Waals surface area contributed by atoms with Crippen molar-refractivity contribution < 1.29 is 0 Å². The topological polar surface area (TPSA) is 24.9 Å². The summed E-state index contributed by atoms with van der Waals surface area (Å²) >= 11 is 1.79. The number of unbranched alkanes of at least 4 members (excludes halogenated alkanes) is 3. The molecule has 0 saturated carbocycles. The van der Waals surface area contributed by atoms with Crippen molar-refractivity contribution in [3.05, 3.63) is 16.1 Å². The van der Waals surface area contributed by atoms with Crippen molar-refractivity contribution in [3.63, 3.8) is 0 Å². The molecule has 0 bridgehead atoms. The summed E-state index contributed by atoms with van der Waals surface area (Å²) in [6, 6.07) is 0.599. The molecule has 3 heteroatoms. The van der Waals surface area contributed by atoms with Gasteiger partial charge in [-0.15, -0.1) is 11.3 Å². The minimum atomic E-state index is 0.599. The summed E-state index contributed by atoms with van der Waals surface area (Å²) in [6.45, 7) is 4.32. The third-order valence-electron chi connectivity index (χ3n) is 2.90. The summed E-state index contributed by atoms with van der Waals surface area (Å²) in [5, 5.41) is 6.81. The normalized spacial score (nSPS) is 12.9. The van der Waals surface area contributed by atoms with Gasteiger partial charge in [0.1, 0.15) is 0 Å². The Morgan fingerprint density at radius 3 is 2.75 bits per heavy atom. The Morgan fingerprint density at radius 2 is 2.19 bits per heavy atom. The van der Waals surface area contributed by atoms with Crippen molar-refractivity contribution in [1.29, 1.82) is 0 Å². The van der Waals surface area contributed by atoms with Gasteiger partial charge in [0, 0.05) is 23.5 Å². The molecule has 0 aliphatic carbocycles. The van der Waals surface area contributed by atoms with Crippen LogP contribution in [0.1, 0.15) is 49.7 Å². The van der Waals surface area contributed by atoms with Gasteiger partial charge in [-0.2, -0.15) is 0 Å².